The van der Waals surface area contributed by atoms with E-state index in [1.54, 1.807) is 0 Å². The van der Waals surface area contributed by atoms with Crippen LogP contribution in [0.2, 0.25) is 0 Å². The lowest BCUT2D eigenvalue weighted by Crippen LogP contribution is -2.41. The second kappa shape index (κ2) is 6.86. The van der Waals surface area contributed by atoms with Gasteiger partial charge in [-0.1, -0.05) is 31.9 Å². The third-order valence-corrected chi connectivity index (χ3v) is 4.51. The highest BCUT2D eigenvalue weighted by Gasteiger charge is 2.21. The molecule has 1 aromatic carbocycles. The molecule has 0 spiro atoms. The molecule has 3 nitrogen and oxygen atoms in total. The Bertz CT molecular complexity index is 437. The molecule has 5 heteroatoms. The lowest BCUT2D eigenvalue weighted by atomic mass is 9.91. The van der Waals surface area contributed by atoms with Gasteiger partial charge in [-0.25, -0.2) is 0 Å². The van der Waals surface area contributed by atoms with Crippen molar-refractivity contribution in [3.8, 4) is 0 Å². The van der Waals surface area contributed by atoms with Crippen LogP contribution in [0, 0.1) is 0 Å². The summed E-state index contributed by atoms with van der Waals surface area (Å²) in [5.41, 5.74) is 0.692. The van der Waals surface area contributed by atoms with Gasteiger partial charge in [0, 0.05) is 26.6 Å². The molecular formula is C14H18Br2N2O. The zero-order valence-corrected chi connectivity index (χ0v) is 14.1. The van der Waals surface area contributed by atoms with E-state index in [9.17, 15) is 4.79 Å². The van der Waals surface area contributed by atoms with Gasteiger partial charge in [0.05, 0.1) is 0 Å². The monoisotopic (exact) mass is 388 g/mol. The number of amides is 1. The predicted octanol–water partition coefficient (Wildman–Crippen LogP) is 3.47. The minimum Gasteiger partial charge on any atom is -0.349 e. The van der Waals surface area contributed by atoms with E-state index in [1.165, 1.54) is 0 Å². The van der Waals surface area contributed by atoms with E-state index in [1.807, 2.05) is 25.2 Å². The van der Waals surface area contributed by atoms with Crippen molar-refractivity contribution in [2.24, 2.45) is 0 Å². The molecule has 0 bridgehead atoms. The van der Waals surface area contributed by atoms with Crippen molar-refractivity contribution in [2.75, 3.05) is 7.05 Å². The molecule has 1 fully saturated rings. The highest BCUT2D eigenvalue weighted by atomic mass is 79.9. The molecule has 1 saturated carbocycles. The third-order valence-electron chi connectivity index (χ3n) is 3.60. The van der Waals surface area contributed by atoms with Crippen molar-refractivity contribution < 1.29 is 4.79 Å². The van der Waals surface area contributed by atoms with Gasteiger partial charge in [-0.3, -0.25) is 4.79 Å². The summed E-state index contributed by atoms with van der Waals surface area (Å²) in [5, 5.41) is 6.43. The van der Waals surface area contributed by atoms with Gasteiger partial charge in [-0.15, -0.1) is 0 Å². The molecule has 0 aromatic heterocycles. The number of nitrogens with one attached hydrogen (secondary N) is 2. The minimum atomic E-state index is 0.00917. The van der Waals surface area contributed by atoms with Crippen LogP contribution in [-0.2, 0) is 0 Å². The lowest BCUT2D eigenvalue weighted by molar-refractivity contribution is 0.0924. The van der Waals surface area contributed by atoms with Crippen LogP contribution in [0.5, 0.6) is 0 Å². The van der Waals surface area contributed by atoms with Gasteiger partial charge < -0.3 is 10.6 Å². The Kier molecular flexibility index (Phi) is 5.42. The normalized spacial score (nSPS) is 23.1. The summed E-state index contributed by atoms with van der Waals surface area (Å²) in [6.07, 6.45) is 4.35. The van der Waals surface area contributed by atoms with Crippen LogP contribution in [-0.4, -0.2) is 25.0 Å². The summed E-state index contributed by atoms with van der Waals surface area (Å²) in [4.78, 5) is 12.2. The maximum absolute atomic E-state index is 12.2. The van der Waals surface area contributed by atoms with Gasteiger partial charge >= 0.3 is 0 Å². The molecule has 2 N–H and O–H groups in total. The molecule has 1 aliphatic carbocycles. The van der Waals surface area contributed by atoms with Crippen molar-refractivity contribution in [3.63, 3.8) is 0 Å². The zero-order chi connectivity index (χ0) is 13.8. The van der Waals surface area contributed by atoms with Crippen LogP contribution in [0.25, 0.3) is 0 Å². The third kappa shape index (κ3) is 4.29. The van der Waals surface area contributed by atoms with Crippen molar-refractivity contribution in [3.05, 3.63) is 32.7 Å². The molecule has 0 heterocycles. The largest absolute Gasteiger partial charge is 0.349 e. The second-order valence-corrected chi connectivity index (χ2v) is 6.80. The molecule has 19 heavy (non-hydrogen) atoms. The van der Waals surface area contributed by atoms with Crippen molar-refractivity contribution in [1.82, 2.24) is 10.6 Å². The smallest absolute Gasteiger partial charge is 0.251 e. The maximum atomic E-state index is 12.2. The van der Waals surface area contributed by atoms with Crippen molar-refractivity contribution in [2.45, 2.75) is 37.8 Å². The second-order valence-electron chi connectivity index (χ2n) is 4.97. The van der Waals surface area contributed by atoms with E-state index in [0.29, 0.717) is 17.6 Å². The molecule has 104 valence electrons. The first kappa shape index (κ1) is 15.0. The van der Waals surface area contributed by atoms with Crippen LogP contribution in [0.3, 0.4) is 0 Å². The van der Waals surface area contributed by atoms with E-state index in [4.69, 9.17) is 0 Å². The number of carbonyl (C=O) groups excluding carboxylic acids is 1. The Hall–Kier alpha value is -0.390. The Morgan fingerprint density at radius 2 is 1.58 bits per heavy atom. The van der Waals surface area contributed by atoms with Crippen molar-refractivity contribution >= 4 is 37.8 Å². The fourth-order valence-electron chi connectivity index (χ4n) is 2.48. The molecular weight excluding hydrogens is 372 g/mol. The summed E-state index contributed by atoms with van der Waals surface area (Å²) >= 11 is 6.81. The van der Waals surface area contributed by atoms with Gasteiger partial charge in [-0.2, -0.15) is 0 Å². The van der Waals surface area contributed by atoms with E-state index in [2.05, 4.69) is 42.5 Å². The van der Waals surface area contributed by atoms with Gasteiger partial charge in [0.15, 0.2) is 0 Å². The quantitative estimate of drug-likeness (QED) is 0.830. The number of rotatable bonds is 3. The maximum Gasteiger partial charge on any atom is 0.251 e. The fourth-order valence-corrected chi connectivity index (χ4v) is 3.77. The molecule has 0 aliphatic heterocycles. The number of hydrogen-bond donors (Lipinski definition) is 2. The average molecular weight is 390 g/mol. The molecule has 0 atom stereocenters. The first-order chi connectivity index (χ1) is 9.08. The highest BCUT2D eigenvalue weighted by molar-refractivity contribution is 9.11. The van der Waals surface area contributed by atoms with Crippen molar-refractivity contribution in [1.29, 1.82) is 0 Å². The Balaban J connectivity index is 1.94. The molecule has 1 amide bonds. The van der Waals surface area contributed by atoms with Crippen LogP contribution in [0.4, 0.5) is 0 Å². The summed E-state index contributed by atoms with van der Waals surface area (Å²) < 4.78 is 1.82. The standard InChI is InChI=1S/C14H18Br2N2O/c1-17-12-2-4-13(5-3-12)18-14(19)9-6-10(15)8-11(16)7-9/h6-8,12-13,17H,2-5H2,1H3,(H,18,19). The van der Waals surface area contributed by atoms with E-state index in [0.717, 1.165) is 34.6 Å². The predicted molar refractivity (Wildman–Crippen MR) is 84.4 cm³/mol. The molecule has 1 aromatic rings. The molecule has 0 radical (unpaired) electrons. The zero-order valence-electron chi connectivity index (χ0n) is 10.9. The number of halogens is 2. The number of hydrogen-bond acceptors (Lipinski definition) is 2. The average Bonchev–Trinajstić information content (AvgIpc) is 2.38. The Morgan fingerprint density at radius 3 is 2.11 bits per heavy atom. The first-order valence-corrected chi connectivity index (χ1v) is 8.11. The fraction of sp³-hybridized carbons (Fsp3) is 0.500. The summed E-state index contributed by atoms with van der Waals surface area (Å²) in [7, 11) is 2.00. The molecule has 1 aliphatic rings. The Labute approximate surface area is 130 Å². The highest BCUT2D eigenvalue weighted by Crippen LogP contribution is 2.22. The van der Waals surface area contributed by atoms with Crippen LogP contribution >= 0.6 is 31.9 Å². The molecule has 0 saturated heterocycles. The van der Waals surface area contributed by atoms with E-state index >= 15 is 0 Å². The van der Waals surface area contributed by atoms with Crippen LogP contribution in [0.1, 0.15) is 36.0 Å². The van der Waals surface area contributed by atoms with Gasteiger partial charge in [0.2, 0.25) is 0 Å². The summed E-state index contributed by atoms with van der Waals surface area (Å²) in [5.74, 6) is 0.00917. The topological polar surface area (TPSA) is 41.1 Å². The van der Waals surface area contributed by atoms with Gasteiger partial charge in [0.25, 0.3) is 5.91 Å². The first-order valence-electron chi connectivity index (χ1n) is 6.52. The molecule has 2 rings (SSSR count). The van der Waals surface area contributed by atoms with Gasteiger partial charge in [0.1, 0.15) is 0 Å². The number of carbonyl (C=O) groups is 1. The summed E-state index contributed by atoms with van der Waals surface area (Å²) in [6.45, 7) is 0. The van der Waals surface area contributed by atoms with Gasteiger partial charge in [-0.05, 0) is 50.9 Å². The number of benzene rings is 1. The molecule has 0 unspecified atom stereocenters. The minimum absolute atomic E-state index is 0.00917. The lowest BCUT2D eigenvalue weighted by Gasteiger charge is -2.28. The van der Waals surface area contributed by atoms with E-state index < -0.39 is 0 Å². The Morgan fingerprint density at radius 1 is 1.05 bits per heavy atom. The SMILES string of the molecule is CNC1CCC(NC(=O)c2cc(Br)cc(Br)c2)CC1. The van der Waals surface area contributed by atoms with Crippen LogP contribution in [0.15, 0.2) is 27.1 Å². The van der Waals surface area contributed by atoms with E-state index in [-0.39, 0.29) is 5.91 Å². The summed E-state index contributed by atoms with van der Waals surface area (Å²) in [6, 6.07) is 6.52. The van der Waals surface area contributed by atoms with Crippen LogP contribution < -0.4 is 10.6 Å².